The van der Waals surface area contributed by atoms with Crippen LogP contribution in [0.4, 0.5) is 10.7 Å². The zero-order valence-electron chi connectivity index (χ0n) is 15.0. The summed E-state index contributed by atoms with van der Waals surface area (Å²) in [6.45, 7) is 11.0. The fourth-order valence-corrected chi connectivity index (χ4v) is 3.59. The van der Waals surface area contributed by atoms with Crippen LogP contribution in [-0.4, -0.2) is 64.3 Å². The zero-order chi connectivity index (χ0) is 17.4. The summed E-state index contributed by atoms with van der Waals surface area (Å²) in [5.41, 5.74) is -0.552. The van der Waals surface area contributed by atoms with Crippen LogP contribution in [-0.2, 0) is 4.74 Å². The maximum atomic E-state index is 12.6. The number of urea groups is 1. The quantitative estimate of drug-likeness (QED) is 0.891. The van der Waals surface area contributed by atoms with Crippen molar-refractivity contribution >= 4 is 12.0 Å². The normalized spacial score (nSPS) is 25.6. The molecule has 0 aromatic carbocycles. The topological polar surface area (TPSA) is 70.6 Å². The highest BCUT2D eigenvalue weighted by atomic mass is 16.5. The summed E-state index contributed by atoms with van der Waals surface area (Å²) in [4.78, 5) is 25.1. The predicted molar refractivity (Wildman–Crippen MR) is 92.0 cm³/mol. The lowest BCUT2D eigenvalue weighted by molar-refractivity contribution is -0.0692. The SMILES string of the molecule is CC1(C)CC(NC(=O)N2CCN(c3ncccn3)CC2)C(C)(C)O1. The van der Waals surface area contributed by atoms with Gasteiger partial charge in [0.15, 0.2) is 0 Å². The summed E-state index contributed by atoms with van der Waals surface area (Å²) in [6, 6.07) is 1.82. The maximum Gasteiger partial charge on any atom is 0.317 e. The second-order valence-electron chi connectivity index (χ2n) is 7.69. The molecular formula is C17H27N5O2. The van der Waals surface area contributed by atoms with Gasteiger partial charge in [0.05, 0.1) is 17.2 Å². The Morgan fingerprint density at radius 2 is 1.79 bits per heavy atom. The van der Waals surface area contributed by atoms with Gasteiger partial charge in [0.1, 0.15) is 0 Å². The molecule has 7 nitrogen and oxygen atoms in total. The minimum absolute atomic E-state index is 0.0111. The Hall–Kier alpha value is -1.89. The molecule has 1 N–H and O–H groups in total. The molecule has 132 valence electrons. The van der Waals surface area contributed by atoms with Crippen molar-refractivity contribution in [3.63, 3.8) is 0 Å². The number of amides is 2. The number of ether oxygens (including phenoxy) is 1. The van der Waals surface area contributed by atoms with E-state index in [0.29, 0.717) is 13.1 Å². The van der Waals surface area contributed by atoms with Crippen molar-refractivity contribution in [3.8, 4) is 0 Å². The van der Waals surface area contributed by atoms with Gasteiger partial charge >= 0.3 is 6.03 Å². The first-order chi connectivity index (χ1) is 11.3. The fourth-order valence-electron chi connectivity index (χ4n) is 3.59. The van der Waals surface area contributed by atoms with Gasteiger partial charge in [-0.3, -0.25) is 0 Å². The van der Waals surface area contributed by atoms with E-state index in [9.17, 15) is 4.79 Å². The molecule has 0 bridgehead atoms. The number of anilines is 1. The van der Waals surface area contributed by atoms with Gasteiger partial charge in [-0.15, -0.1) is 0 Å². The van der Waals surface area contributed by atoms with Crippen molar-refractivity contribution in [2.24, 2.45) is 0 Å². The number of hydrogen-bond donors (Lipinski definition) is 1. The first-order valence-electron chi connectivity index (χ1n) is 8.54. The van der Waals surface area contributed by atoms with Crippen LogP contribution in [0.2, 0.25) is 0 Å². The lowest BCUT2D eigenvalue weighted by atomic mass is 9.94. The van der Waals surface area contributed by atoms with Crippen molar-refractivity contribution in [2.45, 2.75) is 51.4 Å². The molecule has 0 aliphatic carbocycles. The van der Waals surface area contributed by atoms with Crippen molar-refractivity contribution < 1.29 is 9.53 Å². The molecular weight excluding hydrogens is 306 g/mol. The molecule has 24 heavy (non-hydrogen) atoms. The van der Waals surface area contributed by atoms with E-state index < -0.39 is 0 Å². The van der Waals surface area contributed by atoms with Gasteiger partial charge in [-0.1, -0.05) is 0 Å². The third kappa shape index (κ3) is 3.61. The summed E-state index contributed by atoms with van der Waals surface area (Å²) in [6.07, 6.45) is 4.31. The Bertz CT molecular complexity index is 582. The fraction of sp³-hybridized carbons (Fsp3) is 0.706. The van der Waals surface area contributed by atoms with Gasteiger partial charge in [-0.25, -0.2) is 14.8 Å². The Kier molecular flexibility index (Phi) is 4.38. The summed E-state index contributed by atoms with van der Waals surface area (Å²) in [7, 11) is 0. The number of carbonyl (C=O) groups excluding carboxylic acids is 1. The number of aromatic nitrogens is 2. The molecule has 1 aromatic rings. The summed E-state index contributed by atoms with van der Waals surface area (Å²) < 4.78 is 6.05. The number of nitrogens with zero attached hydrogens (tertiary/aromatic N) is 4. The van der Waals surface area contributed by atoms with Gasteiger partial charge < -0.3 is 19.9 Å². The molecule has 1 atom stereocenters. The van der Waals surface area contributed by atoms with Crippen LogP contribution in [0.25, 0.3) is 0 Å². The minimum Gasteiger partial charge on any atom is -0.367 e. The highest BCUT2D eigenvalue weighted by Gasteiger charge is 2.46. The third-order valence-electron chi connectivity index (χ3n) is 4.77. The van der Waals surface area contributed by atoms with Crippen LogP contribution in [0.3, 0.4) is 0 Å². The van der Waals surface area contributed by atoms with Crippen molar-refractivity contribution in [3.05, 3.63) is 18.5 Å². The standard InChI is InChI=1S/C17H27N5O2/c1-16(2)12-13(17(3,4)24-16)20-15(23)22-10-8-21(9-11-22)14-18-6-5-7-19-14/h5-7,13H,8-12H2,1-4H3,(H,20,23). The Labute approximate surface area is 143 Å². The molecule has 2 aliphatic rings. The van der Waals surface area contributed by atoms with Gasteiger partial charge in [-0.2, -0.15) is 0 Å². The number of nitrogens with one attached hydrogen (secondary N) is 1. The molecule has 3 rings (SSSR count). The maximum absolute atomic E-state index is 12.6. The summed E-state index contributed by atoms with van der Waals surface area (Å²) >= 11 is 0. The highest BCUT2D eigenvalue weighted by molar-refractivity contribution is 5.75. The lowest BCUT2D eigenvalue weighted by Gasteiger charge is -2.36. The van der Waals surface area contributed by atoms with Gasteiger partial charge in [0, 0.05) is 38.6 Å². The van der Waals surface area contributed by atoms with Crippen molar-refractivity contribution in [2.75, 3.05) is 31.1 Å². The molecule has 3 heterocycles. The molecule has 0 saturated carbocycles. The van der Waals surface area contributed by atoms with Crippen LogP contribution in [0, 0.1) is 0 Å². The smallest absolute Gasteiger partial charge is 0.317 e. The average Bonchev–Trinajstić information content (AvgIpc) is 2.75. The summed E-state index contributed by atoms with van der Waals surface area (Å²) in [5.74, 6) is 0.727. The molecule has 1 aromatic heterocycles. The van der Waals surface area contributed by atoms with E-state index in [2.05, 4.69) is 34.0 Å². The molecule has 7 heteroatoms. The van der Waals surface area contributed by atoms with Crippen LogP contribution >= 0.6 is 0 Å². The molecule has 0 radical (unpaired) electrons. The zero-order valence-corrected chi connectivity index (χ0v) is 15.0. The van der Waals surface area contributed by atoms with Crippen LogP contribution < -0.4 is 10.2 Å². The van der Waals surface area contributed by atoms with Crippen LogP contribution in [0.1, 0.15) is 34.1 Å². The second kappa shape index (κ2) is 6.20. The highest BCUT2D eigenvalue weighted by Crippen LogP contribution is 2.37. The van der Waals surface area contributed by atoms with Gasteiger partial charge in [-0.05, 0) is 40.2 Å². The van der Waals surface area contributed by atoms with E-state index in [4.69, 9.17) is 4.74 Å². The predicted octanol–water partition coefficient (Wildman–Crippen LogP) is 1.65. The van der Waals surface area contributed by atoms with E-state index in [1.807, 2.05) is 18.7 Å². The lowest BCUT2D eigenvalue weighted by Crippen LogP contribution is -2.56. The number of carbonyl (C=O) groups is 1. The largest absolute Gasteiger partial charge is 0.367 e. The second-order valence-corrected chi connectivity index (χ2v) is 7.69. The van der Waals surface area contributed by atoms with Crippen molar-refractivity contribution in [1.82, 2.24) is 20.2 Å². The van der Waals surface area contributed by atoms with Crippen LogP contribution in [0.5, 0.6) is 0 Å². The molecule has 1 unspecified atom stereocenters. The Balaban J connectivity index is 1.54. The first kappa shape index (κ1) is 17.0. The van der Waals surface area contributed by atoms with E-state index in [1.54, 1.807) is 18.5 Å². The van der Waals surface area contributed by atoms with E-state index in [-0.39, 0.29) is 23.3 Å². The average molecular weight is 333 g/mol. The third-order valence-corrected chi connectivity index (χ3v) is 4.77. The van der Waals surface area contributed by atoms with Crippen molar-refractivity contribution in [1.29, 1.82) is 0 Å². The van der Waals surface area contributed by atoms with Crippen LogP contribution in [0.15, 0.2) is 18.5 Å². The molecule has 0 spiro atoms. The van der Waals surface area contributed by atoms with Gasteiger partial charge in [0.2, 0.25) is 5.95 Å². The molecule has 2 fully saturated rings. The van der Waals surface area contributed by atoms with Gasteiger partial charge in [0.25, 0.3) is 0 Å². The summed E-state index contributed by atoms with van der Waals surface area (Å²) in [5, 5.41) is 3.16. The number of piperazine rings is 1. The number of rotatable bonds is 2. The minimum atomic E-state index is -0.348. The Morgan fingerprint density at radius 3 is 2.33 bits per heavy atom. The monoisotopic (exact) mass is 333 g/mol. The number of hydrogen-bond acceptors (Lipinski definition) is 5. The van der Waals surface area contributed by atoms with E-state index in [0.717, 1.165) is 25.5 Å². The van der Waals surface area contributed by atoms with E-state index >= 15 is 0 Å². The Morgan fingerprint density at radius 1 is 1.17 bits per heavy atom. The molecule has 2 amide bonds. The first-order valence-corrected chi connectivity index (χ1v) is 8.54. The van der Waals surface area contributed by atoms with E-state index in [1.165, 1.54) is 0 Å². The molecule has 2 aliphatic heterocycles. The molecule has 2 saturated heterocycles.